The summed E-state index contributed by atoms with van der Waals surface area (Å²) in [5, 5.41) is 5.46. The number of hydrogen-bond acceptors (Lipinski definition) is 4. The molecule has 4 aromatic rings. The normalized spacial score (nSPS) is 11.5. The van der Waals surface area contributed by atoms with Gasteiger partial charge in [0, 0.05) is 16.3 Å². The largest absolute Gasteiger partial charge is 0.484 e. The SMILES string of the molecule is CC(C)c1ccc(NC(=O)C(Sc2ccc(NC(=O)COc3ccccc3)cc2)c2ccccc2)cc1. The maximum absolute atomic E-state index is 13.3. The van der Waals surface area contributed by atoms with Gasteiger partial charge in [0.05, 0.1) is 0 Å². The molecule has 0 saturated heterocycles. The predicted molar refractivity (Wildman–Crippen MR) is 151 cm³/mol. The number of carbonyl (C=O) groups is 2. The summed E-state index contributed by atoms with van der Waals surface area (Å²) in [7, 11) is 0. The van der Waals surface area contributed by atoms with E-state index in [-0.39, 0.29) is 18.4 Å². The number of anilines is 2. The van der Waals surface area contributed by atoms with E-state index in [9.17, 15) is 9.59 Å². The van der Waals surface area contributed by atoms with Gasteiger partial charge in [-0.1, -0.05) is 74.5 Å². The van der Waals surface area contributed by atoms with Crippen LogP contribution in [0.25, 0.3) is 0 Å². The minimum atomic E-state index is -0.439. The summed E-state index contributed by atoms with van der Waals surface area (Å²) in [4.78, 5) is 26.5. The third kappa shape index (κ3) is 7.72. The van der Waals surface area contributed by atoms with Crippen LogP contribution in [0.5, 0.6) is 5.75 Å². The second-order valence-electron chi connectivity index (χ2n) is 8.85. The average molecular weight is 511 g/mol. The Hall–Kier alpha value is -4.03. The highest BCUT2D eigenvalue weighted by molar-refractivity contribution is 8.00. The van der Waals surface area contributed by atoms with Crippen molar-refractivity contribution in [2.75, 3.05) is 17.2 Å². The molecule has 0 spiro atoms. The Balaban J connectivity index is 1.40. The summed E-state index contributed by atoms with van der Waals surface area (Å²) in [6, 6.07) is 34.4. The van der Waals surface area contributed by atoms with E-state index in [2.05, 4.69) is 24.5 Å². The number of amides is 2. The fraction of sp³-hybridized carbons (Fsp3) is 0.161. The molecule has 5 nitrogen and oxygen atoms in total. The van der Waals surface area contributed by atoms with Crippen molar-refractivity contribution in [2.45, 2.75) is 29.9 Å². The van der Waals surface area contributed by atoms with Crippen LogP contribution >= 0.6 is 11.8 Å². The molecule has 0 radical (unpaired) electrons. The Kier molecular flexibility index (Phi) is 9.00. The van der Waals surface area contributed by atoms with Crippen molar-refractivity contribution in [3.8, 4) is 5.75 Å². The van der Waals surface area contributed by atoms with Gasteiger partial charge in [0.25, 0.3) is 5.91 Å². The molecule has 2 amide bonds. The molecule has 6 heteroatoms. The van der Waals surface area contributed by atoms with Crippen LogP contribution in [0.3, 0.4) is 0 Å². The highest BCUT2D eigenvalue weighted by Crippen LogP contribution is 2.36. The number of para-hydroxylation sites is 1. The zero-order valence-electron chi connectivity index (χ0n) is 20.9. The van der Waals surface area contributed by atoms with E-state index in [1.54, 1.807) is 12.1 Å². The predicted octanol–water partition coefficient (Wildman–Crippen LogP) is 7.30. The van der Waals surface area contributed by atoms with Gasteiger partial charge in [0.2, 0.25) is 5.91 Å². The van der Waals surface area contributed by atoms with E-state index in [0.717, 1.165) is 16.1 Å². The number of benzene rings is 4. The van der Waals surface area contributed by atoms with Crippen LogP contribution in [-0.4, -0.2) is 18.4 Å². The molecule has 37 heavy (non-hydrogen) atoms. The molecule has 1 unspecified atom stereocenters. The van der Waals surface area contributed by atoms with Crippen molar-refractivity contribution in [1.29, 1.82) is 0 Å². The van der Waals surface area contributed by atoms with Crippen LogP contribution in [-0.2, 0) is 9.59 Å². The van der Waals surface area contributed by atoms with Crippen LogP contribution in [0.2, 0.25) is 0 Å². The van der Waals surface area contributed by atoms with E-state index in [1.165, 1.54) is 17.3 Å². The molecule has 188 valence electrons. The van der Waals surface area contributed by atoms with Crippen molar-refractivity contribution >= 4 is 35.0 Å². The molecule has 0 aliphatic heterocycles. The summed E-state index contributed by atoms with van der Waals surface area (Å²) >= 11 is 1.46. The van der Waals surface area contributed by atoms with Crippen molar-refractivity contribution in [3.05, 3.63) is 120 Å². The lowest BCUT2D eigenvalue weighted by Gasteiger charge is -2.18. The lowest BCUT2D eigenvalue weighted by molar-refractivity contribution is -0.118. The Morgan fingerprint density at radius 2 is 1.27 bits per heavy atom. The minimum absolute atomic E-state index is 0.0745. The highest BCUT2D eigenvalue weighted by atomic mass is 32.2. The lowest BCUT2D eigenvalue weighted by atomic mass is 10.0. The van der Waals surface area contributed by atoms with Crippen molar-refractivity contribution in [1.82, 2.24) is 0 Å². The molecule has 0 bridgehead atoms. The van der Waals surface area contributed by atoms with Gasteiger partial charge in [-0.3, -0.25) is 9.59 Å². The van der Waals surface area contributed by atoms with Gasteiger partial charge in [-0.2, -0.15) is 0 Å². The maximum Gasteiger partial charge on any atom is 0.262 e. The Morgan fingerprint density at radius 3 is 1.89 bits per heavy atom. The van der Waals surface area contributed by atoms with E-state index in [1.807, 2.05) is 97.1 Å². The molecule has 0 aromatic heterocycles. The Bertz CT molecular complexity index is 1290. The summed E-state index contributed by atoms with van der Waals surface area (Å²) in [6.45, 7) is 4.21. The molecule has 4 aromatic carbocycles. The molecule has 2 N–H and O–H groups in total. The van der Waals surface area contributed by atoms with Gasteiger partial charge in [0.1, 0.15) is 11.0 Å². The first-order valence-corrected chi connectivity index (χ1v) is 13.1. The second-order valence-corrected chi connectivity index (χ2v) is 10.0. The summed E-state index contributed by atoms with van der Waals surface area (Å²) < 4.78 is 5.50. The third-order valence-corrected chi connectivity index (χ3v) is 6.96. The third-order valence-electron chi connectivity index (χ3n) is 5.69. The molecular formula is C31H30N2O3S. The van der Waals surface area contributed by atoms with E-state index < -0.39 is 5.25 Å². The van der Waals surface area contributed by atoms with Gasteiger partial charge in [0.15, 0.2) is 6.61 Å². The van der Waals surface area contributed by atoms with E-state index in [4.69, 9.17) is 4.74 Å². The van der Waals surface area contributed by atoms with Gasteiger partial charge >= 0.3 is 0 Å². The number of ether oxygens (including phenoxy) is 1. The summed E-state index contributed by atoms with van der Waals surface area (Å²) in [6.07, 6.45) is 0. The Morgan fingerprint density at radius 1 is 0.703 bits per heavy atom. The number of hydrogen-bond donors (Lipinski definition) is 2. The number of thioether (sulfide) groups is 1. The first-order chi connectivity index (χ1) is 18.0. The zero-order chi connectivity index (χ0) is 26.0. The molecule has 1 atom stereocenters. The molecule has 0 fully saturated rings. The van der Waals surface area contributed by atoms with Crippen LogP contribution in [0.15, 0.2) is 114 Å². The molecule has 4 rings (SSSR count). The van der Waals surface area contributed by atoms with Gasteiger partial charge < -0.3 is 15.4 Å². The quantitative estimate of drug-likeness (QED) is 0.220. The second kappa shape index (κ2) is 12.8. The fourth-order valence-corrected chi connectivity index (χ4v) is 4.70. The zero-order valence-corrected chi connectivity index (χ0v) is 21.7. The van der Waals surface area contributed by atoms with Crippen LogP contribution in [0, 0.1) is 0 Å². The first kappa shape index (κ1) is 26.0. The van der Waals surface area contributed by atoms with Crippen LogP contribution < -0.4 is 15.4 Å². The number of rotatable bonds is 10. The molecule has 0 heterocycles. The van der Waals surface area contributed by atoms with Crippen LogP contribution in [0.1, 0.15) is 36.1 Å². The number of nitrogens with one attached hydrogen (secondary N) is 2. The summed E-state index contributed by atoms with van der Waals surface area (Å²) in [5.41, 5.74) is 3.58. The fourth-order valence-electron chi connectivity index (χ4n) is 3.68. The van der Waals surface area contributed by atoms with Crippen molar-refractivity contribution in [3.63, 3.8) is 0 Å². The monoisotopic (exact) mass is 510 g/mol. The van der Waals surface area contributed by atoms with Crippen LogP contribution in [0.4, 0.5) is 11.4 Å². The molecule has 0 aliphatic carbocycles. The van der Waals surface area contributed by atoms with E-state index >= 15 is 0 Å². The first-order valence-electron chi connectivity index (χ1n) is 12.2. The minimum Gasteiger partial charge on any atom is -0.484 e. The highest BCUT2D eigenvalue weighted by Gasteiger charge is 2.22. The van der Waals surface area contributed by atoms with Gasteiger partial charge in [-0.05, 0) is 65.6 Å². The van der Waals surface area contributed by atoms with E-state index in [0.29, 0.717) is 17.4 Å². The van der Waals surface area contributed by atoms with Crippen molar-refractivity contribution < 1.29 is 14.3 Å². The lowest BCUT2D eigenvalue weighted by Crippen LogP contribution is -2.20. The molecular weight excluding hydrogens is 480 g/mol. The van der Waals surface area contributed by atoms with Crippen molar-refractivity contribution in [2.24, 2.45) is 0 Å². The molecule has 0 aliphatic rings. The summed E-state index contributed by atoms with van der Waals surface area (Å²) in [5.74, 6) is 0.741. The standard InChI is InChI=1S/C31H30N2O3S/c1-22(2)23-13-15-26(16-14-23)33-31(35)30(24-9-5-3-6-10-24)37-28-19-17-25(18-20-28)32-29(34)21-36-27-11-7-4-8-12-27/h3-20,22,30H,21H2,1-2H3,(H,32,34)(H,33,35). The number of carbonyl (C=O) groups excluding carboxylic acids is 2. The maximum atomic E-state index is 13.3. The topological polar surface area (TPSA) is 67.4 Å². The van der Waals surface area contributed by atoms with Gasteiger partial charge in [-0.25, -0.2) is 0 Å². The average Bonchev–Trinajstić information content (AvgIpc) is 2.93. The Labute approximate surface area is 222 Å². The van der Waals surface area contributed by atoms with Gasteiger partial charge in [-0.15, -0.1) is 11.8 Å². The smallest absolute Gasteiger partial charge is 0.262 e. The molecule has 0 saturated carbocycles.